The quantitative estimate of drug-likeness (QED) is 0.523. The van der Waals surface area contributed by atoms with Crippen LogP contribution in [0.4, 0.5) is 5.69 Å². The number of rotatable bonds is 4. The molecule has 0 amide bonds. The van der Waals surface area contributed by atoms with Gasteiger partial charge in [0.1, 0.15) is 0 Å². The third-order valence-corrected chi connectivity index (χ3v) is 4.30. The van der Waals surface area contributed by atoms with E-state index < -0.39 is 0 Å². The standard InChI is InChI=1S/C21H23N3/c1-15-9-8-10-16(2)21(15)24-17(3)13-19(18(24)4)14-22-23-20-11-6-5-7-12-20/h5-14,23H,1-4H3/b22-14-. The number of anilines is 1. The minimum Gasteiger partial charge on any atom is -0.317 e. The van der Waals surface area contributed by atoms with Crippen molar-refractivity contribution in [3.63, 3.8) is 0 Å². The molecule has 122 valence electrons. The van der Waals surface area contributed by atoms with Crippen LogP contribution in [0, 0.1) is 27.7 Å². The third kappa shape index (κ3) is 3.11. The molecular formula is C21H23N3. The first kappa shape index (κ1) is 16.1. The van der Waals surface area contributed by atoms with E-state index in [1.165, 1.54) is 28.2 Å². The Morgan fingerprint density at radius 3 is 2.21 bits per heavy atom. The van der Waals surface area contributed by atoms with Crippen LogP contribution < -0.4 is 5.43 Å². The first-order valence-electron chi connectivity index (χ1n) is 8.17. The molecule has 0 saturated carbocycles. The van der Waals surface area contributed by atoms with E-state index in [0.717, 1.165) is 11.3 Å². The van der Waals surface area contributed by atoms with Gasteiger partial charge in [0, 0.05) is 17.0 Å². The fraction of sp³-hybridized carbons (Fsp3) is 0.190. The normalized spacial score (nSPS) is 11.2. The minimum absolute atomic E-state index is 0.984. The van der Waals surface area contributed by atoms with Gasteiger partial charge in [0.05, 0.1) is 17.6 Å². The van der Waals surface area contributed by atoms with Gasteiger partial charge in [0.25, 0.3) is 0 Å². The van der Waals surface area contributed by atoms with Crippen molar-refractivity contribution in [1.29, 1.82) is 0 Å². The maximum Gasteiger partial charge on any atom is 0.0562 e. The zero-order valence-electron chi connectivity index (χ0n) is 14.7. The van der Waals surface area contributed by atoms with Crippen molar-refractivity contribution in [3.8, 4) is 5.69 Å². The van der Waals surface area contributed by atoms with Gasteiger partial charge in [-0.1, -0.05) is 36.4 Å². The van der Waals surface area contributed by atoms with Gasteiger partial charge in [-0.15, -0.1) is 0 Å². The van der Waals surface area contributed by atoms with Crippen molar-refractivity contribution in [2.45, 2.75) is 27.7 Å². The number of aryl methyl sites for hydroxylation is 3. The van der Waals surface area contributed by atoms with Crippen LogP contribution in [-0.4, -0.2) is 10.8 Å². The lowest BCUT2D eigenvalue weighted by atomic mass is 10.1. The SMILES string of the molecule is Cc1cccc(C)c1-n1c(C)cc(/C=N\Nc2ccccc2)c1C. The Labute approximate surface area is 143 Å². The molecule has 1 N–H and O–H groups in total. The van der Waals surface area contributed by atoms with E-state index in [0.29, 0.717) is 0 Å². The van der Waals surface area contributed by atoms with Crippen LogP contribution in [0.3, 0.4) is 0 Å². The van der Waals surface area contributed by atoms with Crippen molar-refractivity contribution in [1.82, 2.24) is 4.57 Å². The maximum absolute atomic E-state index is 4.38. The van der Waals surface area contributed by atoms with E-state index in [-0.39, 0.29) is 0 Å². The van der Waals surface area contributed by atoms with Gasteiger partial charge in [-0.3, -0.25) is 5.43 Å². The lowest BCUT2D eigenvalue weighted by molar-refractivity contribution is 0.943. The summed E-state index contributed by atoms with van der Waals surface area (Å²) in [4.78, 5) is 0. The van der Waals surface area contributed by atoms with Gasteiger partial charge in [0.15, 0.2) is 0 Å². The number of para-hydroxylation sites is 2. The Bertz CT molecular complexity index is 853. The van der Waals surface area contributed by atoms with E-state index >= 15 is 0 Å². The van der Waals surface area contributed by atoms with Crippen LogP contribution in [0.1, 0.15) is 28.1 Å². The summed E-state index contributed by atoms with van der Waals surface area (Å²) in [6.45, 7) is 8.60. The summed E-state index contributed by atoms with van der Waals surface area (Å²) >= 11 is 0. The summed E-state index contributed by atoms with van der Waals surface area (Å²) in [6.07, 6.45) is 1.89. The zero-order chi connectivity index (χ0) is 17.1. The molecule has 0 spiro atoms. The molecule has 0 aliphatic carbocycles. The summed E-state index contributed by atoms with van der Waals surface area (Å²) in [7, 11) is 0. The molecule has 0 bridgehead atoms. The second-order valence-corrected chi connectivity index (χ2v) is 6.14. The molecule has 0 aliphatic heterocycles. The van der Waals surface area contributed by atoms with Crippen molar-refractivity contribution in [3.05, 3.63) is 82.7 Å². The minimum atomic E-state index is 0.984. The fourth-order valence-electron chi connectivity index (χ4n) is 3.11. The predicted octanol–water partition coefficient (Wildman–Crippen LogP) is 5.16. The molecule has 1 heterocycles. The van der Waals surface area contributed by atoms with Crippen molar-refractivity contribution < 1.29 is 0 Å². The second kappa shape index (κ2) is 6.75. The van der Waals surface area contributed by atoms with E-state index in [1.54, 1.807) is 0 Å². The highest BCUT2D eigenvalue weighted by atomic mass is 15.3. The summed E-state index contributed by atoms with van der Waals surface area (Å²) < 4.78 is 2.31. The number of benzene rings is 2. The van der Waals surface area contributed by atoms with Gasteiger partial charge < -0.3 is 4.57 Å². The number of aromatic nitrogens is 1. The molecule has 2 aromatic carbocycles. The molecule has 3 aromatic rings. The van der Waals surface area contributed by atoms with Crippen LogP contribution in [0.15, 0.2) is 59.7 Å². The van der Waals surface area contributed by atoms with Crippen molar-refractivity contribution in [2.75, 3.05) is 5.43 Å². The Balaban J connectivity index is 1.93. The fourth-order valence-corrected chi connectivity index (χ4v) is 3.11. The molecule has 3 heteroatoms. The molecule has 24 heavy (non-hydrogen) atoms. The number of hydrogen-bond donors (Lipinski definition) is 1. The van der Waals surface area contributed by atoms with Gasteiger partial charge >= 0.3 is 0 Å². The predicted molar refractivity (Wildman–Crippen MR) is 102 cm³/mol. The largest absolute Gasteiger partial charge is 0.317 e. The monoisotopic (exact) mass is 317 g/mol. The van der Waals surface area contributed by atoms with Crippen molar-refractivity contribution >= 4 is 11.9 Å². The molecule has 3 nitrogen and oxygen atoms in total. The lowest BCUT2D eigenvalue weighted by Crippen LogP contribution is -2.04. The Morgan fingerprint density at radius 2 is 1.54 bits per heavy atom. The van der Waals surface area contributed by atoms with Gasteiger partial charge in [-0.2, -0.15) is 5.10 Å². The molecule has 0 atom stereocenters. The summed E-state index contributed by atoms with van der Waals surface area (Å²) in [5, 5.41) is 4.38. The van der Waals surface area contributed by atoms with Gasteiger partial charge in [-0.05, 0) is 57.0 Å². The van der Waals surface area contributed by atoms with E-state index in [2.05, 4.69) is 67.1 Å². The smallest absolute Gasteiger partial charge is 0.0562 e. The second-order valence-electron chi connectivity index (χ2n) is 6.14. The molecule has 3 rings (SSSR count). The van der Waals surface area contributed by atoms with Crippen LogP contribution >= 0.6 is 0 Å². The van der Waals surface area contributed by atoms with Gasteiger partial charge in [-0.25, -0.2) is 0 Å². The van der Waals surface area contributed by atoms with Crippen LogP contribution in [0.5, 0.6) is 0 Å². The average Bonchev–Trinajstić information content (AvgIpc) is 2.84. The number of nitrogens with zero attached hydrogens (tertiary/aromatic N) is 2. The van der Waals surface area contributed by atoms with E-state index in [9.17, 15) is 0 Å². The highest BCUT2D eigenvalue weighted by Crippen LogP contribution is 2.25. The molecule has 0 fully saturated rings. The molecule has 0 unspecified atom stereocenters. The molecule has 0 radical (unpaired) electrons. The van der Waals surface area contributed by atoms with Crippen LogP contribution in [-0.2, 0) is 0 Å². The third-order valence-electron chi connectivity index (χ3n) is 4.30. The Morgan fingerprint density at radius 1 is 0.875 bits per heavy atom. The topological polar surface area (TPSA) is 29.3 Å². The Hall–Kier alpha value is -2.81. The van der Waals surface area contributed by atoms with Crippen LogP contribution in [0.2, 0.25) is 0 Å². The van der Waals surface area contributed by atoms with E-state index in [4.69, 9.17) is 0 Å². The number of hydrogen-bond acceptors (Lipinski definition) is 2. The number of hydrazone groups is 1. The highest BCUT2D eigenvalue weighted by Gasteiger charge is 2.12. The first-order valence-corrected chi connectivity index (χ1v) is 8.17. The molecule has 0 saturated heterocycles. The Kier molecular flexibility index (Phi) is 4.52. The van der Waals surface area contributed by atoms with Gasteiger partial charge in [0.2, 0.25) is 0 Å². The summed E-state index contributed by atoms with van der Waals surface area (Å²) in [5.74, 6) is 0. The average molecular weight is 317 g/mol. The maximum atomic E-state index is 4.38. The van der Waals surface area contributed by atoms with Crippen LogP contribution in [0.25, 0.3) is 5.69 Å². The zero-order valence-corrected chi connectivity index (χ0v) is 14.7. The molecule has 0 aliphatic rings. The summed E-state index contributed by atoms with van der Waals surface area (Å²) in [6, 6.07) is 18.6. The van der Waals surface area contributed by atoms with Crippen molar-refractivity contribution in [2.24, 2.45) is 5.10 Å². The highest BCUT2D eigenvalue weighted by molar-refractivity contribution is 5.83. The lowest BCUT2D eigenvalue weighted by Gasteiger charge is -2.15. The first-order chi connectivity index (χ1) is 11.6. The number of nitrogens with one attached hydrogen (secondary N) is 1. The van der Waals surface area contributed by atoms with E-state index in [1.807, 2.05) is 36.5 Å². The molecule has 1 aromatic heterocycles. The summed E-state index contributed by atoms with van der Waals surface area (Å²) in [5.41, 5.74) is 11.4. The molecular weight excluding hydrogens is 294 g/mol.